The molecule has 1 unspecified atom stereocenters. The molecule has 1 amide bonds. The molecule has 0 aromatic carbocycles. The summed E-state index contributed by atoms with van der Waals surface area (Å²) in [6.45, 7) is 10.0. The van der Waals surface area contributed by atoms with Crippen LogP contribution < -0.4 is 5.32 Å². The molecule has 0 aliphatic carbocycles. The van der Waals surface area contributed by atoms with Crippen LogP contribution in [0.5, 0.6) is 0 Å². The lowest BCUT2D eigenvalue weighted by Crippen LogP contribution is -2.46. The van der Waals surface area contributed by atoms with Crippen LogP contribution in [0.1, 0.15) is 33.6 Å². The zero-order chi connectivity index (χ0) is 12.5. The first kappa shape index (κ1) is 12.7. The zero-order valence-corrected chi connectivity index (χ0v) is 11.2. The Morgan fingerprint density at radius 2 is 2.00 bits per heavy atom. The van der Waals surface area contributed by atoms with E-state index in [0.717, 1.165) is 32.5 Å². The highest BCUT2D eigenvalue weighted by Gasteiger charge is 2.40. The molecule has 2 saturated heterocycles. The van der Waals surface area contributed by atoms with Crippen LogP contribution in [0.2, 0.25) is 0 Å². The highest BCUT2D eigenvalue weighted by atomic mass is 16.6. The number of hydrogen-bond donors (Lipinski definition) is 1. The van der Waals surface area contributed by atoms with Crippen molar-refractivity contribution >= 4 is 6.09 Å². The number of carbonyl (C=O) groups excluding carboxylic acids is 1. The molecule has 17 heavy (non-hydrogen) atoms. The second kappa shape index (κ2) is 4.84. The zero-order valence-electron chi connectivity index (χ0n) is 11.2. The minimum Gasteiger partial charge on any atom is -0.447 e. The van der Waals surface area contributed by atoms with Crippen molar-refractivity contribution in [3.63, 3.8) is 0 Å². The summed E-state index contributed by atoms with van der Waals surface area (Å²) in [6.07, 6.45) is 2.19. The summed E-state index contributed by atoms with van der Waals surface area (Å²) in [5, 5.41) is 3.37. The minimum absolute atomic E-state index is 0.122. The van der Waals surface area contributed by atoms with Crippen molar-refractivity contribution in [3.05, 3.63) is 0 Å². The van der Waals surface area contributed by atoms with E-state index in [9.17, 15) is 4.79 Å². The summed E-state index contributed by atoms with van der Waals surface area (Å²) in [5.41, 5.74) is 0.133. The predicted molar refractivity (Wildman–Crippen MR) is 66.9 cm³/mol. The number of amides is 1. The Balaban J connectivity index is 2.02. The van der Waals surface area contributed by atoms with Crippen LogP contribution in [0.3, 0.4) is 0 Å². The van der Waals surface area contributed by atoms with Gasteiger partial charge in [0.2, 0.25) is 0 Å². The number of cyclic esters (lactones) is 1. The fourth-order valence-electron chi connectivity index (χ4n) is 2.78. The van der Waals surface area contributed by atoms with Gasteiger partial charge in [-0.25, -0.2) is 4.79 Å². The molecule has 2 fully saturated rings. The summed E-state index contributed by atoms with van der Waals surface area (Å²) >= 11 is 0. The van der Waals surface area contributed by atoms with E-state index < -0.39 is 0 Å². The van der Waals surface area contributed by atoms with Gasteiger partial charge < -0.3 is 15.0 Å². The van der Waals surface area contributed by atoms with Gasteiger partial charge in [-0.15, -0.1) is 0 Å². The van der Waals surface area contributed by atoms with E-state index in [0.29, 0.717) is 18.6 Å². The first-order valence-electron chi connectivity index (χ1n) is 6.61. The summed E-state index contributed by atoms with van der Waals surface area (Å²) < 4.78 is 5.24. The Morgan fingerprint density at radius 3 is 2.59 bits per heavy atom. The fourth-order valence-corrected chi connectivity index (χ4v) is 2.78. The lowest BCUT2D eigenvalue weighted by Gasteiger charge is -2.35. The highest BCUT2D eigenvalue weighted by Crippen LogP contribution is 2.29. The van der Waals surface area contributed by atoms with E-state index in [2.05, 4.69) is 26.1 Å². The lowest BCUT2D eigenvalue weighted by atomic mass is 9.88. The molecule has 2 rings (SSSR count). The Labute approximate surface area is 104 Å². The monoisotopic (exact) mass is 240 g/mol. The van der Waals surface area contributed by atoms with Crippen LogP contribution >= 0.6 is 0 Å². The van der Waals surface area contributed by atoms with Gasteiger partial charge in [-0.2, -0.15) is 0 Å². The molecule has 98 valence electrons. The number of nitrogens with one attached hydrogen (secondary N) is 1. The van der Waals surface area contributed by atoms with Crippen LogP contribution in [0.15, 0.2) is 0 Å². The van der Waals surface area contributed by atoms with Crippen LogP contribution in [0, 0.1) is 11.3 Å². The van der Waals surface area contributed by atoms with Crippen molar-refractivity contribution in [2.45, 2.75) is 39.7 Å². The van der Waals surface area contributed by atoms with E-state index >= 15 is 0 Å². The average molecular weight is 240 g/mol. The van der Waals surface area contributed by atoms with Crippen molar-refractivity contribution in [2.24, 2.45) is 11.3 Å². The molecule has 2 heterocycles. The third-order valence-corrected chi connectivity index (χ3v) is 3.59. The molecule has 1 N–H and O–H groups in total. The van der Waals surface area contributed by atoms with E-state index in [1.165, 1.54) is 0 Å². The molecule has 0 bridgehead atoms. The molecule has 4 heteroatoms. The first-order valence-corrected chi connectivity index (χ1v) is 6.61. The topological polar surface area (TPSA) is 41.6 Å². The third-order valence-electron chi connectivity index (χ3n) is 3.59. The minimum atomic E-state index is -0.122. The molecule has 1 atom stereocenters. The van der Waals surface area contributed by atoms with Gasteiger partial charge >= 0.3 is 6.09 Å². The number of piperidine rings is 1. The smallest absolute Gasteiger partial charge is 0.410 e. The van der Waals surface area contributed by atoms with Gasteiger partial charge in [0.15, 0.2) is 0 Å². The van der Waals surface area contributed by atoms with Crippen LogP contribution in [-0.4, -0.2) is 43.3 Å². The standard InChI is InChI=1S/C13H24N2O2/c1-13(2,3)9-15-11(8-17-12(15)16)10-4-6-14-7-5-10/h10-11,14H,4-9H2,1-3H3. The first-order chi connectivity index (χ1) is 7.97. The number of ether oxygens (including phenoxy) is 1. The molecule has 2 aliphatic rings. The molecule has 0 saturated carbocycles. The molecular formula is C13H24N2O2. The maximum Gasteiger partial charge on any atom is 0.410 e. The van der Waals surface area contributed by atoms with Gasteiger partial charge in [-0.05, 0) is 37.3 Å². The molecular weight excluding hydrogens is 216 g/mol. The number of rotatable bonds is 2. The molecule has 0 aromatic heterocycles. The van der Waals surface area contributed by atoms with Crippen molar-refractivity contribution in [1.29, 1.82) is 0 Å². The lowest BCUT2D eigenvalue weighted by molar-refractivity contribution is 0.132. The van der Waals surface area contributed by atoms with Crippen molar-refractivity contribution in [3.8, 4) is 0 Å². The van der Waals surface area contributed by atoms with Crippen LogP contribution in [0.25, 0.3) is 0 Å². The Morgan fingerprint density at radius 1 is 1.35 bits per heavy atom. The summed E-state index contributed by atoms with van der Waals surface area (Å²) in [6, 6.07) is 0.295. The molecule has 4 nitrogen and oxygen atoms in total. The largest absolute Gasteiger partial charge is 0.447 e. The van der Waals surface area contributed by atoms with Crippen LogP contribution in [-0.2, 0) is 4.74 Å². The SMILES string of the molecule is CC(C)(C)CN1C(=O)OCC1C1CCNCC1. The van der Waals surface area contributed by atoms with Crippen molar-refractivity contribution in [1.82, 2.24) is 10.2 Å². The summed E-state index contributed by atoms with van der Waals surface area (Å²) in [4.78, 5) is 13.7. The van der Waals surface area contributed by atoms with E-state index in [1.807, 2.05) is 4.90 Å². The number of nitrogens with zero attached hydrogens (tertiary/aromatic N) is 1. The van der Waals surface area contributed by atoms with Gasteiger partial charge in [0.05, 0.1) is 6.04 Å². The Hall–Kier alpha value is -0.770. The van der Waals surface area contributed by atoms with Gasteiger partial charge in [0, 0.05) is 6.54 Å². The second-order valence-electron chi connectivity index (χ2n) is 6.42. The van der Waals surface area contributed by atoms with Gasteiger partial charge in [0.25, 0.3) is 0 Å². The van der Waals surface area contributed by atoms with Gasteiger partial charge in [-0.1, -0.05) is 20.8 Å². The van der Waals surface area contributed by atoms with Crippen molar-refractivity contribution in [2.75, 3.05) is 26.2 Å². The molecule has 0 spiro atoms. The normalized spacial score (nSPS) is 27.4. The predicted octanol–water partition coefficient (Wildman–Crippen LogP) is 1.85. The molecule has 0 radical (unpaired) electrons. The van der Waals surface area contributed by atoms with Gasteiger partial charge in [0.1, 0.15) is 6.61 Å². The molecule has 0 aromatic rings. The maximum atomic E-state index is 11.8. The quantitative estimate of drug-likeness (QED) is 0.801. The van der Waals surface area contributed by atoms with E-state index in [1.54, 1.807) is 0 Å². The summed E-state index contributed by atoms with van der Waals surface area (Å²) in [5.74, 6) is 0.602. The summed E-state index contributed by atoms with van der Waals surface area (Å²) in [7, 11) is 0. The fraction of sp³-hybridized carbons (Fsp3) is 0.923. The van der Waals surface area contributed by atoms with Crippen LogP contribution in [0.4, 0.5) is 4.79 Å². The molecule has 2 aliphatic heterocycles. The van der Waals surface area contributed by atoms with E-state index in [-0.39, 0.29) is 11.5 Å². The average Bonchev–Trinajstić information content (AvgIpc) is 2.60. The third kappa shape index (κ3) is 3.12. The number of carbonyl (C=O) groups is 1. The maximum absolute atomic E-state index is 11.8. The van der Waals surface area contributed by atoms with E-state index in [4.69, 9.17) is 4.74 Å². The second-order valence-corrected chi connectivity index (χ2v) is 6.42. The van der Waals surface area contributed by atoms with Gasteiger partial charge in [-0.3, -0.25) is 0 Å². The van der Waals surface area contributed by atoms with Crippen molar-refractivity contribution < 1.29 is 9.53 Å². The highest BCUT2D eigenvalue weighted by molar-refractivity contribution is 5.70. The Bertz CT molecular complexity index is 280. The Kier molecular flexibility index (Phi) is 3.61. The number of hydrogen-bond acceptors (Lipinski definition) is 3.